The number of methoxy groups -OCH3 is 1. The lowest BCUT2D eigenvalue weighted by Crippen LogP contribution is -2.35. The topological polar surface area (TPSA) is 55.4 Å². The molecule has 0 saturated heterocycles. The molecule has 1 amide bonds. The summed E-state index contributed by atoms with van der Waals surface area (Å²) in [6.45, 7) is 1.80. The fourth-order valence-electron chi connectivity index (χ4n) is 0.443. The quantitative estimate of drug-likeness (QED) is 0.582. The van der Waals surface area contributed by atoms with Gasteiger partial charge in [-0.2, -0.15) is 0 Å². The molecule has 1 atom stereocenters. The molecule has 0 fully saturated rings. The van der Waals surface area contributed by atoms with Crippen LogP contribution < -0.4 is 5.32 Å². The normalized spacial score (nSPS) is 11.8. The van der Waals surface area contributed by atoms with Gasteiger partial charge in [-0.15, -0.1) is 0 Å². The van der Waals surface area contributed by atoms with Crippen molar-refractivity contribution in [1.29, 1.82) is 0 Å². The van der Waals surface area contributed by atoms with E-state index in [1.54, 1.807) is 6.92 Å². The monoisotopic (exact) mass is 145 g/mol. The van der Waals surface area contributed by atoms with Crippen molar-refractivity contribution < 1.29 is 14.3 Å². The smallest absolute Gasteiger partial charge is 0.407 e. The van der Waals surface area contributed by atoms with Gasteiger partial charge in [0, 0.05) is 0 Å². The van der Waals surface area contributed by atoms with Gasteiger partial charge in [-0.05, 0) is 6.42 Å². The molecule has 58 valence electrons. The van der Waals surface area contributed by atoms with Crippen LogP contribution in [0.2, 0.25) is 0 Å². The van der Waals surface area contributed by atoms with Gasteiger partial charge in [-0.1, -0.05) is 6.92 Å². The number of hydrogen-bond donors (Lipinski definition) is 1. The molecule has 0 heterocycles. The molecule has 0 aromatic carbocycles. The van der Waals surface area contributed by atoms with Gasteiger partial charge in [0.2, 0.25) is 0 Å². The number of carbonyl (C=O) groups is 2. The molecule has 0 rings (SSSR count). The summed E-state index contributed by atoms with van der Waals surface area (Å²) in [7, 11) is 1.26. The summed E-state index contributed by atoms with van der Waals surface area (Å²) in [4.78, 5) is 20.6. The summed E-state index contributed by atoms with van der Waals surface area (Å²) in [5.41, 5.74) is 0. The van der Waals surface area contributed by atoms with E-state index in [1.165, 1.54) is 7.11 Å². The Kier molecular flexibility index (Phi) is 4.28. The minimum atomic E-state index is -0.570. The van der Waals surface area contributed by atoms with Gasteiger partial charge < -0.3 is 14.8 Å². The lowest BCUT2D eigenvalue weighted by molar-refractivity contribution is -0.109. The Morgan fingerprint density at radius 2 is 2.40 bits per heavy atom. The van der Waals surface area contributed by atoms with E-state index in [0.29, 0.717) is 12.7 Å². The maximum Gasteiger partial charge on any atom is 0.407 e. The van der Waals surface area contributed by atoms with Gasteiger partial charge in [0.25, 0.3) is 0 Å². The zero-order valence-corrected chi connectivity index (χ0v) is 6.09. The SMILES string of the molecule is CC[C@H](C=O)NC(=O)OC. The van der Waals surface area contributed by atoms with Crippen LogP contribution in [0.25, 0.3) is 0 Å². The van der Waals surface area contributed by atoms with Crippen molar-refractivity contribution in [2.45, 2.75) is 19.4 Å². The minimum Gasteiger partial charge on any atom is -0.453 e. The average Bonchev–Trinajstić information content (AvgIpc) is 1.99. The Labute approximate surface area is 59.6 Å². The molecule has 4 heteroatoms. The predicted octanol–water partition coefficient (Wildman–Crippen LogP) is 0.320. The summed E-state index contributed by atoms with van der Waals surface area (Å²) in [5, 5.41) is 2.34. The zero-order chi connectivity index (χ0) is 7.98. The van der Waals surface area contributed by atoms with E-state index in [0.717, 1.165) is 0 Å². The molecule has 1 N–H and O–H groups in total. The number of ether oxygens (including phenoxy) is 1. The fraction of sp³-hybridized carbons (Fsp3) is 0.667. The molecular formula is C6H11NO3. The number of amides is 1. The third-order valence-electron chi connectivity index (χ3n) is 1.09. The fourth-order valence-corrected chi connectivity index (χ4v) is 0.443. The van der Waals surface area contributed by atoms with Gasteiger partial charge in [0.15, 0.2) is 0 Å². The van der Waals surface area contributed by atoms with Crippen molar-refractivity contribution in [2.24, 2.45) is 0 Å². The first-order valence-corrected chi connectivity index (χ1v) is 3.04. The van der Waals surface area contributed by atoms with Crippen LogP contribution in [0.3, 0.4) is 0 Å². The Morgan fingerprint density at radius 3 is 2.70 bits per heavy atom. The van der Waals surface area contributed by atoms with Gasteiger partial charge in [0.05, 0.1) is 13.2 Å². The summed E-state index contributed by atoms with van der Waals surface area (Å²) in [6, 6.07) is -0.424. The largest absolute Gasteiger partial charge is 0.453 e. The highest BCUT2D eigenvalue weighted by atomic mass is 16.5. The predicted molar refractivity (Wildman–Crippen MR) is 35.7 cm³/mol. The second kappa shape index (κ2) is 4.78. The number of carbonyl (C=O) groups excluding carboxylic acids is 2. The van der Waals surface area contributed by atoms with Crippen molar-refractivity contribution in [1.82, 2.24) is 5.32 Å². The van der Waals surface area contributed by atoms with Crippen LogP contribution in [0, 0.1) is 0 Å². The Bertz CT molecular complexity index is 124. The molecule has 0 aromatic rings. The van der Waals surface area contributed by atoms with E-state index in [2.05, 4.69) is 10.1 Å². The van der Waals surface area contributed by atoms with Crippen LogP contribution >= 0.6 is 0 Å². The molecular weight excluding hydrogens is 134 g/mol. The maximum absolute atomic E-state index is 10.4. The van der Waals surface area contributed by atoms with E-state index >= 15 is 0 Å². The van der Waals surface area contributed by atoms with Crippen LogP contribution in [-0.4, -0.2) is 25.5 Å². The van der Waals surface area contributed by atoms with Gasteiger partial charge >= 0.3 is 6.09 Å². The van der Waals surface area contributed by atoms with Crippen LogP contribution in [0.1, 0.15) is 13.3 Å². The van der Waals surface area contributed by atoms with E-state index in [4.69, 9.17) is 0 Å². The maximum atomic E-state index is 10.4. The molecule has 0 aliphatic carbocycles. The summed E-state index contributed by atoms with van der Waals surface area (Å²) in [5.74, 6) is 0. The number of alkyl carbamates (subject to hydrolysis) is 1. The molecule has 0 saturated carbocycles. The summed E-state index contributed by atoms with van der Waals surface area (Å²) >= 11 is 0. The molecule has 0 bridgehead atoms. The van der Waals surface area contributed by atoms with E-state index in [1.807, 2.05) is 0 Å². The van der Waals surface area contributed by atoms with E-state index in [9.17, 15) is 9.59 Å². The molecule has 0 aromatic heterocycles. The van der Waals surface area contributed by atoms with Crippen molar-refractivity contribution in [3.05, 3.63) is 0 Å². The van der Waals surface area contributed by atoms with Gasteiger partial charge in [0.1, 0.15) is 6.29 Å². The van der Waals surface area contributed by atoms with Gasteiger partial charge in [-0.25, -0.2) is 4.79 Å². The third-order valence-corrected chi connectivity index (χ3v) is 1.09. The molecule has 0 unspecified atom stereocenters. The Morgan fingerprint density at radius 1 is 1.80 bits per heavy atom. The standard InChI is InChI=1S/C6H11NO3/c1-3-5(4-8)7-6(9)10-2/h4-5H,3H2,1-2H3,(H,7,9)/t5-/m1/s1. The second-order valence-electron chi connectivity index (χ2n) is 1.79. The van der Waals surface area contributed by atoms with Crippen LogP contribution in [0.4, 0.5) is 4.79 Å². The number of rotatable bonds is 3. The van der Waals surface area contributed by atoms with E-state index in [-0.39, 0.29) is 0 Å². The molecule has 0 radical (unpaired) electrons. The zero-order valence-electron chi connectivity index (χ0n) is 6.09. The minimum absolute atomic E-state index is 0.424. The average molecular weight is 145 g/mol. The number of hydrogen-bond acceptors (Lipinski definition) is 3. The first kappa shape index (κ1) is 8.94. The number of nitrogens with one attached hydrogen (secondary N) is 1. The number of aldehydes is 1. The van der Waals surface area contributed by atoms with Crippen LogP contribution in [0.5, 0.6) is 0 Å². The lowest BCUT2D eigenvalue weighted by Gasteiger charge is -2.07. The lowest BCUT2D eigenvalue weighted by atomic mass is 10.3. The summed E-state index contributed by atoms with van der Waals surface area (Å²) in [6.07, 6.45) is 0.689. The first-order chi connectivity index (χ1) is 4.74. The third kappa shape index (κ3) is 3.06. The molecule has 0 aliphatic rings. The van der Waals surface area contributed by atoms with Crippen LogP contribution in [0.15, 0.2) is 0 Å². The summed E-state index contributed by atoms with van der Waals surface area (Å²) < 4.78 is 4.28. The van der Waals surface area contributed by atoms with Crippen LogP contribution in [-0.2, 0) is 9.53 Å². The molecule has 4 nitrogen and oxygen atoms in total. The highest BCUT2D eigenvalue weighted by molar-refractivity contribution is 5.72. The Hall–Kier alpha value is -1.06. The van der Waals surface area contributed by atoms with Crippen molar-refractivity contribution in [3.63, 3.8) is 0 Å². The van der Waals surface area contributed by atoms with E-state index < -0.39 is 12.1 Å². The van der Waals surface area contributed by atoms with Crippen molar-refractivity contribution in [3.8, 4) is 0 Å². The Balaban J connectivity index is 3.62. The van der Waals surface area contributed by atoms with Crippen molar-refractivity contribution >= 4 is 12.4 Å². The highest BCUT2D eigenvalue weighted by Gasteiger charge is 2.06. The van der Waals surface area contributed by atoms with Gasteiger partial charge in [-0.3, -0.25) is 0 Å². The first-order valence-electron chi connectivity index (χ1n) is 3.04. The highest BCUT2D eigenvalue weighted by Crippen LogP contribution is 1.85. The molecule has 0 aliphatic heterocycles. The molecule has 10 heavy (non-hydrogen) atoms. The van der Waals surface area contributed by atoms with Crippen molar-refractivity contribution in [2.75, 3.05) is 7.11 Å². The second-order valence-corrected chi connectivity index (χ2v) is 1.79. The molecule has 0 spiro atoms.